The predicted molar refractivity (Wildman–Crippen MR) is 68.3 cm³/mol. The third kappa shape index (κ3) is 5.13. The number of nitrogens with zero attached hydrogens (tertiary/aromatic N) is 2. The van der Waals surface area contributed by atoms with E-state index in [1.807, 2.05) is 17.8 Å². The lowest BCUT2D eigenvalue weighted by molar-refractivity contribution is -0.174. The molecule has 1 aromatic heterocycles. The van der Waals surface area contributed by atoms with Crippen LogP contribution < -0.4 is 5.32 Å². The van der Waals surface area contributed by atoms with Crippen molar-refractivity contribution >= 4 is 0 Å². The van der Waals surface area contributed by atoms with Gasteiger partial charge in [-0.3, -0.25) is 4.68 Å². The second kappa shape index (κ2) is 6.58. The Hall–Kier alpha value is -1.08. The number of hydrogen-bond donors (Lipinski definition) is 1. The molecule has 0 aromatic carbocycles. The van der Waals surface area contributed by atoms with Crippen LogP contribution in [0.3, 0.4) is 0 Å². The monoisotopic (exact) mass is 291 g/mol. The van der Waals surface area contributed by atoms with Crippen LogP contribution in [0, 0.1) is 6.92 Å². The molecule has 2 rings (SSSR count). The molecule has 1 heterocycles. The zero-order valence-corrected chi connectivity index (χ0v) is 11.5. The highest BCUT2D eigenvalue weighted by Crippen LogP contribution is 2.20. The van der Waals surface area contributed by atoms with E-state index >= 15 is 0 Å². The standard InChI is InChI=1S/C13H20F3N3O/c1-10-11(7-17-12-3-4-12)8-18-19(10)5-2-6-20-9-13(14,15)16/h8,12,17H,2-7,9H2,1H3. The summed E-state index contributed by atoms with van der Waals surface area (Å²) in [6, 6.07) is 0.647. The van der Waals surface area contributed by atoms with E-state index in [4.69, 9.17) is 0 Å². The van der Waals surface area contributed by atoms with Gasteiger partial charge in [0.25, 0.3) is 0 Å². The smallest absolute Gasteiger partial charge is 0.372 e. The van der Waals surface area contributed by atoms with E-state index in [1.54, 1.807) is 0 Å². The summed E-state index contributed by atoms with van der Waals surface area (Å²) in [5, 5.41) is 7.68. The van der Waals surface area contributed by atoms with Crippen molar-refractivity contribution in [2.24, 2.45) is 0 Å². The molecule has 0 radical (unpaired) electrons. The van der Waals surface area contributed by atoms with Gasteiger partial charge in [0.15, 0.2) is 0 Å². The maximum Gasteiger partial charge on any atom is 0.411 e. The minimum Gasteiger partial charge on any atom is -0.372 e. The number of alkyl halides is 3. The Morgan fingerprint density at radius 3 is 2.85 bits per heavy atom. The van der Waals surface area contributed by atoms with Gasteiger partial charge in [-0.15, -0.1) is 0 Å². The maximum atomic E-state index is 11.9. The lowest BCUT2D eigenvalue weighted by Gasteiger charge is -2.08. The second-order valence-electron chi connectivity index (χ2n) is 5.15. The van der Waals surface area contributed by atoms with Crippen LogP contribution in [0.5, 0.6) is 0 Å². The number of hydrogen-bond acceptors (Lipinski definition) is 3. The summed E-state index contributed by atoms with van der Waals surface area (Å²) in [5.41, 5.74) is 2.21. The molecular formula is C13H20F3N3O. The van der Waals surface area contributed by atoms with Crippen LogP contribution >= 0.6 is 0 Å². The molecule has 0 saturated heterocycles. The van der Waals surface area contributed by atoms with E-state index in [0.717, 1.165) is 17.8 Å². The molecule has 0 bridgehead atoms. The summed E-state index contributed by atoms with van der Waals surface area (Å²) in [7, 11) is 0. The van der Waals surface area contributed by atoms with E-state index in [0.29, 0.717) is 19.0 Å². The molecule has 4 nitrogen and oxygen atoms in total. The molecule has 114 valence electrons. The second-order valence-corrected chi connectivity index (χ2v) is 5.15. The summed E-state index contributed by atoms with van der Waals surface area (Å²) >= 11 is 0. The summed E-state index contributed by atoms with van der Waals surface area (Å²) in [5.74, 6) is 0. The Labute approximate surface area is 116 Å². The molecule has 0 amide bonds. The average Bonchev–Trinajstić information content (AvgIpc) is 3.12. The number of rotatable bonds is 8. The normalized spacial score (nSPS) is 15.8. The highest BCUT2D eigenvalue weighted by atomic mass is 19.4. The molecule has 1 saturated carbocycles. The maximum absolute atomic E-state index is 11.9. The number of aromatic nitrogens is 2. The Morgan fingerprint density at radius 2 is 2.20 bits per heavy atom. The third-order valence-corrected chi connectivity index (χ3v) is 3.29. The predicted octanol–water partition coefficient (Wildman–Crippen LogP) is 2.41. The van der Waals surface area contributed by atoms with Crippen LogP contribution in [-0.2, 0) is 17.8 Å². The molecule has 1 N–H and O–H groups in total. The van der Waals surface area contributed by atoms with Gasteiger partial charge >= 0.3 is 6.18 Å². The van der Waals surface area contributed by atoms with Gasteiger partial charge in [-0.05, 0) is 26.2 Å². The quantitative estimate of drug-likeness (QED) is 0.748. The Morgan fingerprint density at radius 1 is 1.45 bits per heavy atom. The highest BCUT2D eigenvalue weighted by molar-refractivity contribution is 5.16. The molecule has 1 fully saturated rings. The van der Waals surface area contributed by atoms with Gasteiger partial charge in [-0.1, -0.05) is 0 Å². The van der Waals surface area contributed by atoms with Crippen molar-refractivity contribution in [3.63, 3.8) is 0 Å². The number of halogens is 3. The first-order valence-electron chi connectivity index (χ1n) is 6.85. The van der Waals surface area contributed by atoms with Gasteiger partial charge in [0.1, 0.15) is 6.61 Å². The first-order chi connectivity index (χ1) is 9.46. The third-order valence-electron chi connectivity index (χ3n) is 3.29. The molecule has 1 aromatic rings. The van der Waals surface area contributed by atoms with E-state index in [1.165, 1.54) is 12.8 Å². The van der Waals surface area contributed by atoms with Gasteiger partial charge in [0.05, 0.1) is 6.20 Å². The fourth-order valence-corrected chi connectivity index (χ4v) is 1.93. The van der Waals surface area contributed by atoms with Crippen molar-refractivity contribution in [2.75, 3.05) is 13.2 Å². The first kappa shape index (κ1) is 15.3. The van der Waals surface area contributed by atoms with Crippen LogP contribution in [0.2, 0.25) is 0 Å². The average molecular weight is 291 g/mol. The van der Waals surface area contributed by atoms with E-state index in [9.17, 15) is 13.2 Å². The minimum atomic E-state index is -4.25. The van der Waals surface area contributed by atoms with E-state index in [-0.39, 0.29) is 6.61 Å². The Balaban J connectivity index is 1.67. The first-order valence-corrected chi connectivity index (χ1v) is 6.85. The number of nitrogens with one attached hydrogen (secondary N) is 1. The van der Waals surface area contributed by atoms with Crippen LogP contribution in [-0.4, -0.2) is 35.2 Å². The highest BCUT2D eigenvalue weighted by Gasteiger charge is 2.27. The summed E-state index contributed by atoms with van der Waals surface area (Å²) < 4.78 is 42.0. The SMILES string of the molecule is Cc1c(CNC2CC2)cnn1CCCOCC(F)(F)F. The van der Waals surface area contributed by atoms with Crippen LogP contribution in [0.1, 0.15) is 30.5 Å². The zero-order valence-electron chi connectivity index (χ0n) is 11.5. The van der Waals surface area contributed by atoms with Crippen LogP contribution in [0.25, 0.3) is 0 Å². The van der Waals surface area contributed by atoms with Crippen molar-refractivity contribution in [3.8, 4) is 0 Å². The Bertz CT molecular complexity index is 427. The fourth-order valence-electron chi connectivity index (χ4n) is 1.93. The summed E-state index contributed by atoms with van der Waals surface area (Å²) in [6.45, 7) is 2.28. The minimum absolute atomic E-state index is 0.0917. The topological polar surface area (TPSA) is 39.1 Å². The van der Waals surface area contributed by atoms with Gasteiger partial charge in [0.2, 0.25) is 0 Å². The van der Waals surface area contributed by atoms with Gasteiger partial charge in [-0.2, -0.15) is 18.3 Å². The molecule has 0 aliphatic heterocycles. The molecule has 1 aliphatic rings. The molecular weight excluding hydrogens is 271 g/mol. The molecule has 0 spiro atoms. The van der Waals surface area contributed by atoms with Gasteiger partial charge < -0.3 is 10.1 Å². The molecule has 0 atom stereocenters. The van der Waals surface area contributed by atoms with Crippen molar-refractivity contribution in [3.05, 3.63) is 17.5 Å². The Kier molecular flexibility index (Phi) is 5.04. The van der Waals surface area contributed by atoms with E-state index < -0.39 is 12.8 Å². The summed E-state index contributed by atoms with van der Waals surface area (Å²) in [6.07, 6.45) is 0.575. The lowest BCUT2D eigenvalue weighted by Crippen LogP contribution is -2.18. The van der Waals surface area contributed by atoms with E-state index in [2.05, 4.69) is 15.2 Å². The zero-order chi connectivity index (χ0) is 14.6. The van der Waals surface area contributed by atoms with Gasteiger partial charge in [0, 0.05) is 37.0 Å². The molecule has 7 heteroatoms. The summed E-state index contributed by atoms with van der Waals surface area (Å²) in [4.78, 5) is 0. The van der Waals surface area contributed by atoms with Gasteiger partial charge in [-0.25, -0.2) is 0 Å². The fraction of sp³-hybridized carbons (Fsp3) is 0.769. The van der Waals surface area contributed by atoms with Crippen molar-refractivity contribution in [1.29, 1.82) is 0 Å². The lowest BCUT2D eigenvalue weighted by atomic mass is 10.2. The molecule has 1 aliphatic carbocycles. The molecule has 20 heavy (non-hydrogen) atoms. The van der Waals surface area contributed by atoms with Crippen molar-refractivity contribution < 1.29 is 17.9 Å². The van der Waals surface area contributed by atoms with Crippen molar-refractivity contribution in [1.82, 2.24) is 15.1 Å². The van der Waals surface area contributed by atoms with Crippen molar-refractivity contribution in [2.45, 2.75) is 51.5 Å². The number of ether oxygens (including phenoxy) is 1. The molecule has 0 unspecified atom stereocenters. The number of aryl methyl sites for hydroxylation is 1. The van der Waals surface area contributed by atoms with Crippen LogP contribution in [0.4, 0.5) is 13.2 Å². The largest absolute Gasteiger partial charge is 0.411 e. The van der Waals surface area contributed by atoms with Crippen LogP contribution in [0.15, 0.2) is 6.20 Å².